The predicted octanol–water partition coefficient (Wildman–Crippen LogP) is 2.60. The minimum atomic E-state index is 0.101. The number of rotatable bonds is 4. The van der Waals surface area contributed by atoms with E-state index in [1.807, 2.05) is 19.2 Å². The van der Waals surface area contributed by atoms with Crippen molar-refractivity contribution in [3.63, 3.8) is 0 Å². The minimum absolute atomic E-state index is 0.101. The maximum Gasteiger partial charge on any atom is 0.0963 e. The summed E-state index contributed by atoms with van der Waals surface area (Å²) < 4.78 is 0. The molecule has 0 fully saturated rings. The summed E-state index contributed by atoms with van der Waals surface area (Å²) >= 11 is 1.79. The second kappa shape index (κ2) is 5.25. The molecule has 0 aliphatic heterocycles. The molecule has 1 heterocycles. The molecular formula is C10H16N2S. The van der Waals surface area contributed by atoms with Crippen molar-refractivity contribution in [2.75, 3.05) is 5.75 Å². The van der Waals surface area contributed by atoms with E-state index in [2.05, 4.69) is 18.0 Å². The molecule has 2 nitrogen and oxygen atoms in total. The first-order valence-corrected chi connectivity index (χ1v) is 5.57. The summed E-state index contributed by atoms with van der Waals surface area (Å²) in [6.45, 7) is 4.16. The number of pyridine rings is 1. The van der Waals surface area contributed by atoms with Gasteiger partial charge in [0.2, 0.25) is 0 Å². The smallest absolute Gasteiger partial charge is 0.0963 e. The fraction of sp³-hybridized carbons (Fsp3) is 0.500. The van der Waals surface area contributed by atoms with Crippen LogP contribution in [0.4, 0.5) is 0 Å². The zero-order valence-electron chi connectivity index (χ0n) is 8.16. The van der Waals surface area contributed by atoms with Gasteiger partial charge in [0.25, 0.3) is 0 Å². The maximum absolute atomic E-state index is 5.77. The van der Waals surface area contributed by atoms with E-state index in [4.69, 9.17) is 5.73 Å². The number of nitrogens with zero attached hydrogens (tertiary/aromatic N) is 1. The standard InChI is InChI=1S/C10H16N2S/c1-3-6-13-10-7-9(8(2)11)4-5-12-10/h4-5,7-8H,3,6,11H2,1-2H3/t8-/m0/s1. The summed E-state index contributed by atoms with van der Waals surface area (Å²) in [6.07, 6.45) is 3.01. The number of nitrogens with two attached hydrogens (primary N) is 1. The van der Waals surface area contributed by atoms with Crippen molar-refractivity contribution >= 4 is 11.8 Å². The summed E-state index contributed by atoms with van der Waals surface area (Å²) in [4.78, 5) is 4.27. The van der Waals surface area contributed by atoms with E-state index >= 15 is 0 Å². The van der Waals surface area contributed by atoms with Crippen LogP contribution in [0.25, 0.3) is 0 Å². The van der Waals surface area contributed by atoms with Gasteiger partial charge in [0.1, 0.15) is 0 Å². The van der Waals surface area contributed by atoms with Gasteiger partial charge in [0, 0.05) is 12.2 Å². The quantitative estimate of drug-likeness (QED) is 0.752. The molecule has 0 unspecified atom stereocenters. The summed E-state index contributed by atoms with van der Waals surface area (Å²) in [7, 11) is 0. The Balaban J connectivity index is 2.68. The Morgan fingerprint density at radius 1 is 1.62 bits per heavy atom. The molecule has 1 atom stereocenters. The molecular weight excluding hydrogens is 180 g/mol. The summed E-state index contributed by atoms with van der Waals surface area (Å²) in [6, 6.07) is 4.15. The first-order chi connectivity index (χ1) is 6.24. The molecule has 13 heavy (non-hydrogen) atoms. The summed E-state index contributed by atoms with van der Waals surface area (Å²) in [5.41, 5.74) is 6.93. The van der Waals surface area contributed by atoms with Crippen LogP contribution in [0.5, 0.6) is 0 Å². The van der Waals surface area contributed by atoms with Crippen molar-refractivity contribution in [3.05, 3.63) is 23.9 Å². The van der Waals surface area contributed by atoms with E-state index in [1.54, 1.807) is 11.8 Å². The lowest BCUT2D eigenvalue weighted by Crippen LogP contribution is -2.05. The minimum Gasteiger partial charge on any atom is -0.324 e. The lowest BCUT2D eigenvalue weighted by molar-refractivity contribution is 0.808. The van der Waals surface area contributed by atoms with Crippen LogP contribution in [0.15, 0.2) is 23.4 Å². The van der Waals surface area contributed by atoms with Gasteiger partial charge in [-0.05, 0) is 36.8 Å². The summed E-state index contributed by atoms with van der Waals surface area (Å²) in [5.74, 6) is 1.12. The Morgan fingerprint density at radius 2 is 2.38 bits per heavy atom. The van der Waals surface area contributed by atoms with E-state index < -0.39 is 0 Å². The molecule has 2 N–H and O–H groups in total. The first-order valence-electron chi connectivity index (χ1n) is 4.58. The van der Waals surface area contributed by atoms with E-state index in [-0.39, 0.29) is 6.04 Å². The third-order valence-corrected chi connectivity index (χ3v) is 2.87. The second-order valence-corrected chi connectivity index (χ2v) is 4.18. The SMILES string of the molecule is CCCSc1cc([C@H](C)N)ccn1. The van der Waals surface area contributed by atoms with Crippen molar-refractivity contribution in [1.82, 2.24) is 4.98 Å². The van der Waals surface area contributed by atoms with Gasteiger partial charge in [-0.25, -0.2) is 4.98 Å². The molecule has 0 bridgehead atoms. The molecule has 1 aromatic heterocycles. The molecule has 1 aromatic rings. The number of aromatic nitrogens is 1. The molecule has 0 amide bonds. The Hall–Kier alpha value is -0.540. The van der Waals surface area contributed by atoms with Crippen molar-refractivity contribution in [2.24, 2.45) is 5.73 Å². The zero-order valence-corrected chi connectivity index (χ0v) is 8.97. The van der Waals surface area contributed by atoms with Crippen molar-refractivity contribution in [3.8, 4) is 0 Å². The van der Waals surface area contributed by atoms with Crippen LogP contribution < -0.4 is 5.73 Å². The van der Waals surface area contributed by atoms with Gasteiger partial charge in [-0.3, -0.25) is 0 Å². The fourth-order valence-electron chi connectivity index (χ4n) is 0.994. The molecule has 1 rings (SSSR count). The second-order valence-electron chi connectivity index (χ2n) is 3.06. The van der Waals surface area contributed by atoms with Crippen molar-refractivity contribution in [1.29, 1.82) is 0 Å². The molecule has 72 valence electrons. The van der Waals surface area contributed by atoms with Gasteiger partial charge in [-0.2, -0.15) is 0 Å². The monoisotopic (exact) mass is 196 g/mol. The van der Waals surface area contributed by atoms with Gasteiger partial charge in [-0.15, -0.1) is 11.8 Å². The Morgan fingerprint density at radius 3 is 3.00 bits per heavy atom. The van der Waals surface area contributed by atoms with Crippen LogP contribution in [0.1, 0.15) is 31.9 Å². The van der Waals surface area contributed by atoms with Crippen LogP contribution in [-0.2, 0) is 0 Å². The Labute approximate surface area is 83.9 Å². The van der Waals surface area contributed by atoms with Gasteiger partial charge >= 0.3 is 0 Å². The van der Waals surface area contributed by atoms with Gasteiger partial charge in [0.15, 0.2) is 0 Å². The topological polar surface area (TPSA) is 38.9 Å². The molecule has 0 spiro atoms. The van der Waals surface area contributed by atoms with Crippen molar-refractivity contribution in [2.45, 2.75) is 31.3 Å². The van der Waals surface area contributed by atoms with Gasteiger partial charge in [0.05, 0.1) is 5.03 Å². The molecule has 0 aliphatic carbocycles. The fourth-order valence-corrected chi connectivity index (χ4v) is 1.76. The normalized spacial score (nSPS) is 12.8. The van der Waals surface area contributed by atoms with Crippen LogP contribution in [0.2, 0.25) is 0 Å². The van der Waals surface area contributed by atoms with Crippen LogP contribution in [0, 0.1) is 0 Å². The van der Waals surface area contributed by atoms with E-state index in [1.165, 1.54) is 6.42 Å². The summed E-state index contributed by atoms with van der Waals surface area (Å²) in [5, 5.41) is 1.08. The largest absolute Gasteiger partial charge is 0.324 e. The van der Waals surface area contributed by atoms with Crippen LogP contribution in [0.3, 0.4) is 0 Å². The lowest BCUT2D eigenvalue weighted by Gasteiger charge is -2.06. The average Bonchev–Trinajstić information content (AvgIpc) is 2.15. The third-order valence-electron chi connectivity index (χ3n) is 1.74. The highest BCUT2D eigenvalue weighted by atomic mass is 32.2. The Kier molecular flexibility index (Phi) is 4.25. The van der Waals surface area contributed by atoms with Crippen LogP contribution >= 0.6 is 11.8 Å². The highest BCUT2D eigenvalue weighted by Gasteiger charge is 2.01. The third kappa shape index (κ3) is 3.36. The number of thioether (sulfide) groups is 1. The predicted molar refractivity (Wildman–Crippen MR) is 57.9 cm³/mol. The van der Waals surface area contributed by atoms with E-state index in [0.29, 0.717) is 0 Å². The van der Waals surface area contributed by atoms with E-state index in [0.717, 1.165) is 16.3 Å². The highest BCUT2D eigenvalue weighted by Crippen LogP contribution is 2.19. The molecule has 0 saturated heterocycles. The maximum atomic E-state index is 5.77. The number of hydrogen-bond donors (Lipinski definition) is 1. The Bertz CT molecular complexity index is 261. The molecule has 0 radical (unpaired) electrons. The zero-order chi connectivity index (χ0) is 9.68. The molecule has 3 heteroatoms. The average molecular weight is 196 g/mol. The van der Waals surface area contributed by atoms with Crippen LogP contribution in [-0.4, -0.2) is 10.7 Å². The first kappa shape index (κ1) is 10.5. The number of hydrogen-bond acceptors (Lipinski definition) is 3. The van der Waals surface area contributed by atoms with Gasteiger partial charge in [-0.1, -0.05) is 6.92 Å². The molecule has 0 saturated carbocycles. The van der Waals surface area contributed by atoms with E-state index in [9.17, 15) is 0 Å². The molecule has 0 aromatic carbocycles. The molecule has 0 aliphatic rings. The lowest BCUT2D eigenvalue weighted by atomic mass is 10.1. The van der Waals surface area contributed by atoms with Crippen molar-refractivity contribution < 1.29 is 0 Å². The highest BCUT2D eigenvalue weighted by molar-refractivity contribution is 7.99. The van der Waals surface area contributed by atoms with Gasteiger partial charge < -0.3 is 5.73 Å².